The topological polar surface area (TPSA) is 47.8 Å². The van der Waals surface area contributed by atoms with Crippen LogP contribution in [0.3, 0.4) is 0 Å². The Morgan fingerprint density at radius 1 is 1.03 bits per heavy atom. The molecule has 0 fully saturated rings. The van der Waals surface area contributed by atoms with Crippen LogP contribution < -0.4 is 5.56 Å². The van der Waals surface area contributed by atoms with Gasteiger partial charge < -0.3 is 0 Å². The number of halogens is 3. The van der Waals surface area contributed by atoms with Gasteiger partial charge in [-0.25, -0.2) is 14.5 Å². The van der Waals surface area contributed by atoms with E-state index in [-0.39, 0.29) is 11.3 Å². The fourth-order valence-electron chi connectivity index (χ4n) is 3.04. The smallest absolute Gasteiger partial charge is 0.268 e. The maximum absolute atomic E-state index is 13.2. The van der Waals surface area contributed by atoms with Gasteiger partial charge in [-0.3, -0.25) is 4.79 Å². The highest BCUT2D eigenvalue weighted by molar-refractivity contribution is 7.98. The van der Waals surface area contributed by atoms with Gasteiger partial charge in [-0.2, -0.15) is 13.2 Å². The molecule has 4 aromatic rings. The van der Waals surface area contributed by atoms with Crippen molar-refractivity contribution in [2.24, 2.45) is 0 Å². The Balaban J connectivity index is 1.78. The molecule has 0 aliphatic rings. The standard InChI is InChI=1S/C22H16F3N3OS/c1-14-9-10-26-19(11-14)28-20(29)17-7-2-3-8-18(17)27-21(28)30-13-15-5-4-6-16(12-15)22(23,24)25/h2-12H,13H2,1H3. The molecule has 30 heavy (non-hydrogen) atoms. The van der Waals surface area contributed by atoms with Crippen LogP contribution in [0.2, 0.25) is 0 Å². The van der Waals surface area contributed by atoms with Crippen LogP contribution in [-0.4, -0.2) is 14.5 Å². The van der Waals surface area contributed by atoms with E-state index in [2.05, 4.69) is 9.97 Å². The molecule has 8 heteroatoms. The number of benzene rings is 2. The molecule has 0 aliphatic carbocycles. The van der Waals surface area contributed by atoms with Crippen LogP contribution in [0.25, 0.3) is 16.7 Å². The minimum Gasteiger partial charge on any atom is -0.268 e. The van der Waals surface area contributed by atoms with E-state index in [0.29, 0.717) is 27.4 Å². The Bertz CT molecular complexity index is 1280. The lowest BCUT2D eigenvalue weighted by atomic mass is 10.1. The Hall–Kier alpha value is -3.13. The van der Waals surface area contributed by atoms with Gasteiger partial charge in [-0.1, -0.05) is 42.1 Å². The highest BCUT2D eigenvalue weighted by atomic mass is 32.2. The largest absolute Gasteiger partial charge is 0.416 e. The lowest BCUT2D eigenvalue weighted by Gasteiger charge is -2.13. The Labute approximate surface area is 174 Å². The predicted molar refractivity (Wildman–Crippen MR) is 111 cm³/mol. The number of rotatable bonds is 4. The molecule has 0 unspecified atom stereocenters. The first kappa shape index (κ1) is 20.2. The molecule has 0 saturated carbocycles. The van der Waals surface area contributed by atoms with Crippen LogP contribution in [0.4, 0.5) is 13.2 Å². The number of alkyl halides is 3. The van der Waals surface area contributed by atoms with E-state index < -0.39 is 11.7 Å². The second kappa shape index (κ2) is 7.95. The highest BCUT2D eigenvalue weighted by Crippen LogP contribution is 2.31. The second-order valence-corrected chi connectivity index (χ2v) is 7.67. The van der Waals surface area contributed by atoms with E-state index in [9.17, 15) is 18.0 Å². The second-order valence-electron chi connectivity index (χ2n) is 6.73. The van der Waals surface area contributed by atoms with Gasteiger partial charge in [0.05, 0.1) is 16.5 Å². The maximum Gasteiger partial charge on any atom is 0.416 e. The van der Waals surface area contributed by atoms with Crippen molar-refractivity contribution in [3.63, 3.8) is 0 Å². The number of aromatic nitrogens is 3. The molecule has 152 valence electrons. The van der Waals surface area contributed by atoms with E-state index in [1.54, 1.807) is 42.6 Å². The van der Waals surface area contributed by atoms with Gasteiger partial charge in [0.15, 0.2) is 5.16 Å². The third-order valence-corrected chi connectivity index (χ3v) is 5.51. The summed E-state index contributed by atoms with van der Waals surface area (Å²) in [4.78, 5) is 22.1. The highest BCUT2D eigenvalue weighted by Gasteiger charge is 2.30. The molecule has 4 nitrogen and oxygen atoms in total. The van der Waals surface area contributed by atoms with Crippen LogP contribution in [0.5, 0.6) is 0 Å². The molecular weight excluding hydrogens is 411 g/mol. The Kier molecular flexibility index (Phi) is 5.34. The van der Waals surface area contributed by atoms with Gasteiger partial charge in [-0.05, 0) is 48.4 Å². The monoisotopic (exact) mass is 427 g/mol. The van der Waals surface area contributed by atoms with Crippen molar-refractivity contribution in [2.75, 3.05) is 0 Å². The van der Waals surface area contributed by atoms with Crippen LogP contribution in [0.1, 0.15) is 16.7 Å². The molecule has 0 amide bonds. The average molecular weight is 427 g/mol. The summed E-state index contributed by atoms with van der Waals surface area (Å²) in [5.41, 5.74) is 0.961. The van der Waals surface area contributed by atoms with Gasteiger partial charge >= 0.3 is 6.18 Å². The van der Waals surface area contributed by atoms with E-state index >= 15 is 0 Å². The average Bonchev–Trinajstić information content (AvgIpc) is 2.72. The zero-order valence-corrected chi connectivity index (χ0v) is 16.7. The number of fused-ring (bicyclic) bond motifs is 1. The van der Waals surface area contributed by atoms with Gasteiger partial charge in [0.25, 0.3) is 5.56 Å². The summed E-state index contributed by atoms with van der Waals surface area (Å²) in [6.07, 6.45) is -2.80. The van der Waals surface area contributed by atoms with Crippen molar-refractivity contribution in [3.05, 3.63) is 93.9 Å². The van der Waals surface area contributed by atoms with Crippen molar-refractivity contribution in [3.8, 4) is 5.82 Å². The normalized spacial score (nSPS) is 11.7. The molecule has 0 spiro atoms. The summed E-state index contributed by atoms with van der Waals surface area (Å²) in [5, 5.41) is 0.818. The summed E-state index contributed by atoms with van der Waals surface area (Å²) in [6, 6.07) is 15.7. The molecule has 2 heterocycles. The third-order valence-electron chi connectivity index (χ3n) is 4.50. The molecule has 2 aromatic heterocycles. The van der Waals surface area contributed by atoms with E-state index in [1.807, 2.05) is 13.0 Å². The van der Waals surface area contributed by atoms with Gasteiger partial charge in [0.2, 0.25) is 0 Å². The first-order valence-electron chi connectivity index (χ1n) is 9.07. The summed E-state index contributed by atoms with van der Waals surface area (Å²) in [5.74, 6) is 0.644. The number of aryl methyl sites for hydroxylation is 1. The lowest BCUT2D eigenvalue weighted by molar-refractivity contribution is -0.137. The number of pyridine rings is 1. The quantitative estimate of drug-likeness (QED) is 0.323. The van der Waals surface area contributed by atoms with Crippen LogP contribution >= 0.6 is 11.8 Å². The molecule has 4 rings (SSSR count). The van der Waals surface area contributed by atoms with Crippen LogP contribution in [-0.2, 0) is 11.9 Å². The summed E-state index contributed by atoms with van der Waals surface area (Å²) in [7, 11) is 0. The minimum atomic E-state index is -4.41. The van der Waals surface area contributed by atoms with Gasteiger partial charge in [0, 0.05) is 11.9 Å². The zero-order chi connectivity index (χ0) is 21.3. The van der Waals surface area contributed by atoms with Gasteiger partial charge in [-0.15, -0.1) is 0 Å². The minimum absolute atomic E-state index is 0.223. The first-order chi connectivity index (χ1) is 14.3. The molecule has 0 bridgehead atoms. The van der Waals surface area contributed by atoms with E-state index in [0.717, 1.165) is 17.7 Å². The van der Waals surface area contributed by atoms with E-state index in [1.165, 1.54) is 22.4 Å². The number of nitrogens with zero attached hydrogens (tertiary/aromatic N) is 3. The number of para-hydroxylation sites is 1. The molecule has 0 atom stereocenters. The van der Waals surface area contributed by atoms with Crippen molar-refractivity contribution in [1.82, 2.24) is 14.5 Å². The zero-order valence-electron chi connectivity index (χ0n) is 15.8. The number of hydrogen-bond donors (Lipinski definition) is 0. The summed E-state index contributed by atoms with van der Waals surface area (Å²) in [6.45, 7) is 1.89. The summed E-state index contributed by atoms with van der Waals surface area (Å²) >= 11 is 1.19. The van der Waals surface area contributed by atoms with Crippen LogP contribution in [0, 0.1) is 6.92 Å². The summed E-state index contributed by atoms with van der Waals surface area (Å²) < 4.78 is 40.4. The molecule has 0 radical (unpaired) electrons. The number of hydrogen-bond acceptors (Lipinski definition) is 4. The van der Waals surface area contributed by atoms with Crippen molar-refractivity contribution < 1.29 is 13.2 Å². The molecular formula is C22H16F3N3OS. The maximum atomic E-state index is 13.2. The lowest BCUT2D eigenvalue weighted by Crippen LogP contribution is -2.22. The fraction of sp³-hybridized carbons (Fsp3) is 0.136. The van der Waals surface area contributed by atoms with Crippen molar-refractivity contribution in [1.29, 1.82) is 0 Å². The fourth-order valence-corrected chi connectivity index (χ4v) is 3.98. The predicted octanol–water partition coefficient (Wildman–Crippen LogP) is 5.40. The molecule has 0 saturated heterocycles. The number of thioether (sulfide) groups is 1. The molecule has 0 N–H and O–H groups in total. The van der Waals surface area contributed by atoms with Crippen molar-refractivity contribution in [2.45, 2.75) is 24.0 Å². The van der Waals surface area contributed by atoms with Gasteiger partial charge in [0.1, 0.15) is 5.82 Å². The Morgan fingerprint density at radius 2 is 1.83 bits per heavy atom. The molecule has 0 aliphatic heterocycles. The third kappa shape index (κ3) is 4.09. The van der Waals surface area contributed by atoms with Crippen LogP contribution in [0.15, 0.2) is 76.8 Å². The van der Waals surface area contributed by atoms with E-state index in [4.69, 9.17) is 0 Å². The Morgan fingerprint density at radius 3 is 2.60 bits per heavy atom. The molecule has 2 aromatic carbocycles. The van der Waals surface area contributed by atoms with Crippen molar-refractivity contribution >= 4 is 22.7 Å². The SMILES string of the molecule is Cc1ccnc(-n2c(SCc3cccc(C(F)(F)F)c3)nc3ccccc3c2=O)c1. The first-order valence-corrected chi connectivity index (χ1v) is 10.1.